The van der Waals surface area contributed by atoms with Gasteiger partial charge in [-0.2, -0.15) is 4.99 Å². The minimum Gasteiger partial charge on any atom is -0.487 e. The monoisotopic (exact) mass is 415 g/mol. The second kappa shape index (κ2) is 9.33. The van der Waals surface area contributed by atoms with Crippen molar-refractivity contribution < 1.29 is 9.53 Å². The Balaban J connectivity index is 1.53. The minimum atomic E-state index is -0.307. The highest BCUT2D eigenvalue weighted by atomic mass is 32.1. The van der Waals surface area contributed by atoms with Crippen LogP contribution in [-0.4, -0.2) is 15.5 Å². The van der Waals surface area contributed by atoms with E-state index < -0.39 is 0 Å². The summed E-state index contributed by atoms with van der Waals surface area (Å²) in [6.45, 7) is 2.97. The molecule has 6 heteroatoms. The standard InChI is InChI=1S/C24H21N3O2S/c1-18-25-21(17-30-18)16-29-22-11-7-10-20(14-22)24(28)26-23-12-5-6-13-27(23)15-19-8-3-2-4-9-19/h2-14,17H,15-16H2,1H3. The van der Waals surface area contributed by atoms with Crippen LogP contribution in [0.1, 0.15) is 26.6 Å². The molecule has 30 heavy (non-hydrogen) atoms. The maximum atomic E-state index is 12.8. The molecular formula is C24H21N3O2S. The average Bonchev–Trinajstić information content (AvgIpc) is 3.20. The highest BCUT2D eigenvalue weighted by molar-refractivity contribution is 7.09. The quantitative estimate of drug-likeness (QED) is 0.462. The Morgan fingerprint density at radius 1 is 1.07 bits per heavy atom. The van der Waals surface area contributed by atoms with Crippen LogP contribution in [0.25, 0.3) is 0 Å². The molecule has 0 radical (unpaired) electrons. The first-order chi connectivity index (χ1) is 14.7. The number of hydrogen-bond donors (Lipinski definition) is 0. The lowest BCUT2D eigenvalue weighted by molar-refractivity contribution is 0.0996. The van der Waals surface area contributed by atoms with E-state index in [2.05, 4.69) is 22.1 Å². The third-order valence-corrected chi connectivity index (χ3v) is 5.29. The van der Waals surface area contributed by atoms with Crippen LogP contribution in [0.15, 0.2) is 89.4 Å². The summed E-state index contributed by atoms with van der Waals surface area (Å²) in [6, 6.07) is 22.8. The maximum Gasteiger partial charge on any atom is 0.279 e. The predicted octanol–water partition coefficient (Wildman–Crippen LogP) is 4.62. The Morgan fingerprint density at radius 2 is 1.90 bits per heavy atom. The average molecular weight is 416 g/mol. The Labute approximate surface area is 179 Å². The van der Waals surface area contributed by atoms with Crippen molar-refractivity contribution in [2.24, 2.45) is 4.99 Å². The number of pyridine rings is 1. The van der Waals surface area contributed by atoms with Gasteiger partial charge >= 0.3 is 0 Å². The summed E-state index contributed by atoms with van der Waals surface area (Å²) >= 11 is 1.59. The van der Waals surface area contributed by atoms with Crippen LogP contribution in [0, 0.1) is 6.92 Å². The van der Waals surface area contributed by atoms with Crippen LogP contribution >= 0.6 is 11.3 Å². The first kappa shape index (κ1) is 19.8. The molecule has 0 aliphatic rings. The zero-order chi connectivity index (χ0) is 20.8. The third kappa shape index (κ3) is 5.10. The van der Waals surface area contributed by atoms with Crippen molar-refractivity contribution >= 4 is 17.2 Å². The van der Waals surface area contributed by atoms with E-state index in [-0.39, 0.29) is 5.91 Å². The van der Waals surface area contributed by atoms with E-state index in [4.69, 9.17) is 4.74 Å². The smallest absolute Gasteiger partial charge is 0.279 e. The Bertz CT molecular complexity index is 1210. The minimum absolute atomic E-state index is 0.307. The topological polar surface area (TPSA) is 56.5 Å². The van der Waals surface area contributed by atoms with E-state index in [0.29, 0.717) is 30.0 Å². The summed E-state index contributed by atoms with van der Waals surface area (Å²) in [6.07, 6.45) is 1.93. The van der Waals surface area contributed by atoms with E-state index in [1.54, 1.807) is 29.5 Å². The van der Waals surface area contributed by atoms with Crippen molar-refractivity contribution in [3.8, 4) is 5.75 Å². The van der Waals surface area contributed by atoms with E-state index in [1.165, 1.54) is 0 Å². The van der Waals surface area contributed by atoms with Crippen LogP contribution in [0.4, 0.5) is 0 Å². The van der Waals surface area contributed by atoms with Crippen LogP contribution in [0.2, 0.25) is 0 Å². The maximum absolute atomic E-state index is 12.8. The highest BCUT2D eigenvalue weighted by Crippen LogP contribution is 2.17. The van der Waals surface area contributed by atoms with Crippen molar-refractivity contribution in [3.05, 3.63) is 112 Å². The SMILES string of the molecule is Cc1nc(COc2cccc(C(=O)N=c3ccccn3Cc3ccccc3)c2)cs1. The third-order valence-electron chi connectivity index (χ3n) is 4.46. The van der Waals surface area contributed by atoms with Gasteiger partial charge in [0.1, 0.15) is 17.8 Å². The zero-order valence-electron chi connectivity index (χ0n) is 16.6. The summed E-state index contributed by atoms with van der Waals surface area (Å²) in [5, 5.41) is 2.98. The molecule has 2 aromatic heterocycles. The normalized spacial score (nSPS) is 11.4. The molecule has 4 aromatic rings. The lowest BCUT2D eigenvalue weighted by Gasteiger charge is -2.08. The number of benzene rings is 2. The number of rotatable bonds is 6. The number of nitrogens with zero attached hydrogens (tertiary/aromatic N) is 3. The van der Waals surface area contributed by atoms with Gasteiger partial charge in [-0.05, 0) is 42.8 Å². The van der Waals surface area contributed by atoms with Gasteiger partial charge in [0.05, 0.1) is 10.7 Å². The fourth-order valence-electron chi connectivity index (χ4n) is 3.00. The second-order valence-corrected chi connectivity index (χ2v) is 7.83. The Kier molecular flexibility index (Phi) is 6.15. The molecule has 1 amide bonds. The fraction of sp³-hybridized carbons (Fsp3) is 0.125. The van der Waals surface area contributed by atoms with Gasteiger partial charge in [-0.3, -0.25) is 4.79 Å². The van der Waals surface area contributed by atoms with Crippen LogP contribution in [0.5, 0.6) is 5.75 Å². The fourth-order valence-corrected chi connectivity index (χ4v) is 3.60. The summed E-state index contributed by atoms with van der Waals surface area (Å²) in [5.41, 5.74) is 3.11. The molecule has 4 rings (SSSR count). The molecule has 2 heterocycles. The molecule has 5 nitrogen and oxygen atoms in total. The number of amides is 1. The molecule has 0 aliphatic heterocycles. The summed E-state index contributed by atoms with van der Waals surface area (Å²) in [4.78, 5) is 21.5. The van der Waals surface area contributed by atoms with Gasteiger partial charge in [0.25, 0.3) is 5.91 Å². The molecule has 0 saturated carbocycles. The molecule has 0 atom stereocenters. The summed E-state index contributed by atoms with van der Waals surface area (Å²) in [5.74, 6) is 0.310. The number of aryl methyl sites for hydroxylation is 1. The van der Waals surface area contributed by atoms with Crippen molar-refractivity contribution in [2.45, 2.75) is 20.1 Å². The lowest BCUT2D eigenvalue weighted by atomic mass is 10.2. The first-order valence-electron chi connectivity index (χ1n) is 9.60. The summed E-state index contributed by atoms with van der Waals surface area (Å²) in [7, 11) is 0. The van der Waals surface area contributed by atoms with E-state index in [0.717, 1.165) is 16.3 Å². The van der Waals surface area contributed by atoms with E-state index >= 15 is 0 Å². The molecule has 0 saturated heterocycles. The molecule has 0 aliphatic carbocycles. The largest absolute Gasteiger partial charge is 0.487 e. The van der Waals surface area contributed by atoms with E-state index in [1.807, 2.05) is 65.5 Å². The first-order valence-corrected chi connectivity index (χ1v) is 10.5. The number of ether oxygens (including phenoxy) is 1. The lowest BCUT2D eigenvalue weighted by Crippen LogP contribution is -2.22. The highest BCUT2D eigenvalue weighted by Gasteiger charge is 2.07. The van der Waals surface area contributed by atoms with Crippen molar-refractivity contribution in [1.29, 1.82) is 0 Å². The van der Waals surface area contributed by atoms with Gasteiger partial charge in [0, 0.05) is 23.7 Å². The van der Waals surface area contributed by atoms with E-state index in [9.17, 15) is 4.79 Å². The van der Waals surface area contributed by atoms with Gasteiger partial charge in [-0.25, -0.2) is 4.98 Å². The van der Waals surface area contributed by atoms with Gasteiger partial charge in [-0.15, -0.1) is 11.3 Å². The van der Waals surface area contributed by atoms with Crippen molar-refractivity contribution in [3.63, 3.8) is 0 Å². The van der Waals surface area contributed by atoms with Gasteiger partial charge in [-0.1, -0.05) is 42.5 Å². The molecule has 150 valence electrons. The second-order valence-electron chi connectivity index (χ2n) is 6.76. The molecule has 0 unspecified atom stereocenters. The number of thiazole rings is 1. The predicted molar refractivity (Wildman–Crippen MR) is 117 cm³/mol. The molecule has 0 N–H and O–H groups in total. The number of carbonyl (C=O) groups excluding carboxylic acids is 1. The van der Waals surface area contributed by atoms with Gasteiger partial charge in [0.15, 0.2) is 0 Å². The summed E-state index contributed by atoms with van der Waals surface area (Å²) < 4.78 is 7.75. The molecule has 0 spiro atoms. The number of carbonyl (C=O) groups is 1. The van der Waals surface area contributed by atoms with Crippen molar-refractivity contribution in [1.82, 2.24) is 9.55 Å². The molecular weight excluding hydrogens is 394 g/mol. The molecule has 0 bridgehead atoms. The zero-order valence-corrected chi connectivity index (χ0v) is 17.4. The molecule has 2 aromatic carbocycles. The van der Waals surface area contributed by atoms with Gasteiger partial charge in [0.2, 0.25) is 0 Å². The van der Waals surface area contributed by atoms with Crippen molar-refractivity contribution in [2.75, 3.05) is 0 Å². The number of aromatic nitrogens is 2. The van der Waals surface area contributed by atoms with Crippen LogP contribution < -0.4 is 10.2 Å². The molecule has 0 fully saturated rings. The Hall–Kier alpha value is -3.51. The Morgan fingerprint density at radius 3 is 2.70 bits per heavy atom. The van der Waals surface area contributed by atoms with Crippen LogP contribution in [0.3, 0.4) is 0 Å². The van der Waals surface area contributed by atoms with Crippen LogP contribution in [-0.2, 0) is 13.2 Å². The van der Waals surface area contributed by atoms with Gasteiger partial charge < -0.3 is 9.30 Å². The number of hydrogen-bond acceptors (Lipinski definition) is 4.